The van der Waals surface area contributed by atoms with E-state index in [1.54, 1.807) is 24.3 Å². The van der Waals surface area contributed by atoms with Gasteiger partial charge in [0.1, 0.15) is 5.75 Å². The van der Waals surface area contributed by atoms with Crippen molar-refractivity contribution in [1.82, 2.24) is 15.0 Å². The van der Waals surface area contributed by atoms with Crippen molar-refractivity contribution < 1.29 is 14.1 Å². The van der Waals surface area contributed by atoms with Gasteiger partial charge in [0.2, 0.25) is 5.91 Å². The van der Waals surface area contributed by atoms with E-state index in [1.807, 2.05) is 29.2 Å². The van der Waals surface area contributed by atoms with E-state index in [4.69, 9.17) is 14.5 Å². The molecule has 7 nitrogen and oxygen atoms in total. The first kappa shape index (κ1) is 19.6. The first-order chi connectivity index (χ1) is 14.7. The SMILES string of the molecule is CCCOc1ccc(CN2CC(c3noc(-c4ccc(C#N)cc4)n3)CC2=O)cc1. The monoisotopic (exact) mass is 402 g/mol. The second kappa shape index (κ2) is 8.78. The Morgan fingerprint density at radius 2 is 1.97 bits per heavy atom. The van der Waals surface area contributed by atoms with Crippen molar-refractivity contribution in [2.75, 3.05) is 13.2 Å². The van der Waals surface area contributed by atoms with E-state index in [9.17, 15) is 4.79 Å². The second-order valence-corrected chi connectivity index (χ2v) is 7.31. The molecule has 152 valence electrons. The van der Waals surface area contributed by atoms with Gasteiger partial charge in [0, 0.05) is 31.0 Å². The van der Waals surface area contributed by atoms with Crippen molar-refractivity contribution in [3.63, 3.8) is 0 Å². The summed E-state index contributed by atoms with van der Waals surface area (Å²) >= 11 is 0. The second-order valence-electron chi connectivity index (χ2n) is 7.31. The van der Waals surface area contributed by atoms with Gasteiger partial charge in [-0.2, -0.15) is 10.2 Å². The van der Waals surface area contributed by atoms with Gasteiger partial charge in [0.25, 0.3) is 5.89 Å². The topological polar surface area (TPSA) is 92.2 Å². The molecule has 4 rings (SSSR count). The lowest BCUT2D eigenvalue weighted by molar-refractivity contribution is -0.128. The third-order valence-electron chi connectivity index (χ3n) is 5.05. The van der Waals surface area contributed by atoms with E-state index < -0.39 is 0 Å². The number of nitrogens with zero attached hydrogens (tertiary/aromatic N) is 4. The maximum atomic E-state index is 12.5. The molecule has 1 atom stereocenters. The fourth-order valence-corrected chi connectivity index (χ4v) is 3.43. The number of amides is 1. The molecule has 1 aliphatic heterocycles. The van der Waals surface area contributed by atoms with Crippen LogP contribution in [0.25, 0.3) is 11.5 Å². The van der Waals surface area contributed by atoms with Crippen molar-refractivity contribution in [3.8, 4) is 23.3 Å². The van der Waals surface area contributed by atoms with Crippen molar-refractivity contribution in [3.05, 3.63) is 65.5 Å². The summed E-state index contributed by atoms with van der Waals surface area (Å²) in [6.07, 6.45) is 1.33. The van der Waals surface area contributed by atoms with Crippen molar-refractivity contribution in [1.29, 1.82) is 5.26 Å². The standard InChI is InChI=1S/C23H22N4O3/c1-2-11-29-20-9-5-17(6-10-20)14-27-15-19(12-21(27)28)22-25-23(30-26-22)18-7-3-16(13-24)4-8-18/h3-10,19H,2,11-12,14-15H2,1H3. The van der Waals surface area contributed by atoms with Crippen LogP contribution < -0.4 is 4.74 Å². The highest BCUT2D eigenvalue weighted by molar-refractivity contribution is 5.79. The average molecular weight is 402 g/mol. The first-order valence-corrected chi connectivity index (χ1v) is 10.00. The molecule has 1 unspecified atom stereocenters. The summed E-state index contributed by atoms with van der Waals surface area (Å²) in [5, 5.41) is 13.0. The summed E-state index contributed by atoms with van der Waals surface area (Å²) in [4.78, 5) is 18.8. The van der Waals surface area contributed by atoms with E-state index in [0.717, 1.165) is 23.3 Å². The van der Waals surface area contributed by atoms with Crippen LogP contribution in [0.5, 0.6) is 5.75 Å². The summed E-state index contributed by atoms with van der Waals surface area (Å²) < 4.78 is 11.0. The Kier molecular flexibility index (Phi) is 5.75. The van der Waals surface area contributed by atoms with Crippen LogP contribution >= 0.6 is 0 Å². The lowest BCUT2D eigenvalue weighted by Gasteiger charge is -2.16. The molecule has 1 amide bonds. The molecule has 0 spiro atoms. The molecular weight excluding hydrogens is 380 g/mol. The van der Waals surface area contributed by atoms with Crippen LogP contribution in [0.15, 0.2) is 53.1 Å². The summed E-state index contributed by atoms with van der Waals surface area (Å²) in [7, 11) is 0. The average Bonchev–Trinajstić information content (AvgIpc) is 3.41. The highest BCUT2D eigenvalue weighted by Crippen LogP contribution is 2.29. The molecule has 2 heterocycles. The number of benzene rings is 2. The molecule has 1 saturated heterocycles. The summed E-state index contributed by atoms with van der Waals surface area (Å²) in [5.41, 5.74) is 2.37. The van der Waals surface area contributed by atoms with Gasteiger partial charge >= 0.3 is 0 Å². The van der Waals surface area contributed by atoms with E-state index in [1.165, 1.54) is 0 Å². The lowest BCUT2D eigenvalue weighted by Crippen LogP contribution is -2.24. The number of hydrogen-bond donors (Lipinski definition) is 0. The predicted molar refractivity (Wildman–Crippen MR) is 109 cm³/mol. The van der Waals surface area contributed by atoms with Gasteiger partial charge in [-0.25, -0.2) is 0 Å². The quantitative estimate of drug-likeness (QED) is 0.595. The Morgan fingerprint density at radius 3 is 2.67 bits per heavy atom. The van der Waals surface area contributed by atoms with Crippen LogP contribution in [0.4, 0.5) is 0 Å². The number of nitriles is 1. The zero-order valence-corrected chi connectivity index (χ0v) is 16.7. The van der Waals surface area contributed by atoms with Gasteiger partial charge in [-0.3, -0.25) is 4.79 Å². The van der Waals surface area contributed by atoms with Crippen molar-refractivity contribution >= 4 is 5.91 Å². The van der Waals surface area contributed by atoms with Gasteiger partial charge in [0.05, 0.1) is 18.2 Å². The van der Waals surface area contributed by atoms with Crippen molar-refractivity contribution in [2.24, 2.45) is 0 Å². The Labute approximate surface area is 174 Å². The number of carbonyl (C=O) groups excluding carboxylic acids is 1. The Morgan fingerprint density at radius 1 is 1.20 bits per heavy atom. The molecule has 1 aliphatic rings. The Bertz CT molecular complexity index is 1050. The smallest absolute Gasteiger partial charge is 0.257 e. The molecule has 0 N–H and O–H groups in total. The van der Waals surface area contributed by atoms with E-state index in [0.29, 0.717) is 43.4 Å². The zero-order chi connectivity index (χ0) is 20.9. The minimum absolute atomic E-state index is 0.0797. The molecule has 2 aromatic carbocycles. The van der Waals surface area contributed by atoms with E-state index >= 15 is 0 Å². The molecule has 0 radical (unpaired) electrons. The fraction of sp³-hybridized carbons (Fsp3) is 0.304. The summed E-state index contributed by atoms with van der Waals surface area (Å²) in [6.45, 7) is 3.87. The predicted octanol–water partition coefficient (Wildman–Crippen LogP) is 3.91. The molecule has 0 aliphatic carbocycles. The van der Waals surface area contributed by atoms with Crippen molar-refractivity contribution in [2.45, 2.75) is 32.2 Å². The van der Waals surface area contributed by atoms with Crippen LogP contribution in [0.1, 0.15) is 42.6 Å². The molecule has 0 bridgehead atoms. The largest absolute Gasteiger partial charge is 0.494 e. The summed E-state index contributed by atoms with van der Waals surface area (Å²) in [5.74, 6) is 1.75. The number of ether oxygens (including phenoxy) is 1. The highest BCUT2D eigenvalue weighted by atomic mass is 16.5. The van der Waals surface area contributed by atoms with Crippen LogP contribution in [0, 0.1) is 11.3 Å². The van der Waals surface area contributed by atoms with Crippen LogP contribution in [-0.4, -0.2) is 34.1 Å². The van der Waals surface area contributed by atoms with Crippen LogP contribution in [-0.2, 0) is 11.3 Å². The van der Waals surface area contributed by atoms with Gasteiger partial charge in [-0.05, 0) is 48.4 Å². The number of hydrogen-bond acceptors (Lipinski definition) is 6. The lowest BCUT2D eigenvalue weighted by atomic mass is 10.1. The zero-order valence-electron chi connectivity index (χ0n) is 16.7. The number of carbonyl (C=O) groups is 1. The first-order valence-electron chi connectivity index (χ1n) is 10.00. The van der Waals surface area contributed by atoms with Crippen LogP contribution in [0.3, 0.4) is 0 Å². The molecular formula is C23H22N4O3. The number of likely N-dealkylation sites (tertiary alicyclic amines) is 1. The molecule has 30 heavy (non-hydrogen) atoms. The third kappa shape index (κ3) is 4.33. The maximum absolute atomic E-state index is 12.5. The van der Waals surface area contributed by atoms with Gasteiger partial charge < -0.3 is 14.2 Å². The molecule has 7 heteroatoms. The molecule has 0 saturated carbocycles. The van der Waals surface area contributed by atoms with Gasteiger partial charge in [-0.1, -0.05) is 24.2 Å². The number of rotatable bonds is 7. The normalized spacial score (nSPS) is 15.9. The maximum Gasteiger partial charge on any atom is 0.257 e. The highest BCUT2D eigenvalue weighted by Gasteiger charge is 2.33. The molecule has 1 fully saturated rings. The minimum Gasteiger partial charge on any atom is -0.494 e. The van der Waals surface area contributed by atoms with Crippen LogP contribution in [0.2, 0.25) is 0 Å². The van der Waals surface area contributed by atoms with Gasteiger partial charge in [0.15, 0.2) is 5.82 Å². The number of aromatic nitrogens is 2. The van der Waals surface area contributed by atoms with E-state index in [2.05, 4.69) is 23.1 Å². The minimum atomic E-state index is -0.0967. The van der Waals surface area contributed by atoms with Gasteiger partial charge in [-0.15, -0.1) is 0 Å². The Hall–Kier alpha value is -3.66. The van der Waals surface area contributed by atoms with E-state index in [-0.39, 0.29) is 11.8 Å². The Balaban J connectivity index is 1.40. The molecule has 1 aromatic heterocycles. The molecule has 3 aromatic rings. The summed E-state index contributed by atoms with van der Waals surface area (Å²) in [6, 6.07) is 16.9. The third-order valence-corrected chi connectivity index (χ3v) is 5.05. The fourth-order valence-electron chi connectivity index (χ4n) is 3.43.